The molecule has 0 bridgehead atoms. The second-order valence-corrected chi connectivity index (χ2v) is 4.01. The van der Waals surface area contributed by atoms with Crippen LogP contribution in [-0.4, -0.2) is 34.0 Å². The van der Waals surface area contributed by atoms with Crippen molar-refractivity contribution in [2.24, 2.45) is 5.73 Å². The number of hydrogen-bond donors (Lipinski definition) is 1. The van der Waals surface area contributed by atoms with E-state index in [1.807, 2.05) is 6.07 Å². The quantitative estimate of drug-likeness (QED) is 0.747. The van der Waals surface area contributed by atoms with E-state index in [0.717, 1.165) is 37.9 Å². The molecule has 82 valence electrons. The molecule has 2 N–H and O–H groups in total. The van der Waals surface area contributed by atoms with Crippen LogP contribution in [-0.2, 0) is 6.54 Å². The number of rotatable bonds is 6. The summed E-state index contributed by atoms with van der Waals surface area (Å²) in [7, 11) is 0. The van der Waals surface area contributed by atoms with Crippen LogP contribution in [0.4, 0.5) is 0 Å². The number of hydrogen-bond acceptors (Lipinski definition) is 4. The molecular formula is C11H18N4. The molecule has 0 atom stereocenters. The van der Waals surface area contributed by atoms with Crippen molar-refractivity contribution in [3.8, 4) is 0 Å². The zero-order valence-corrected chi connectivity index (χ0v) is 8.97. The highest BCUT2D eigenvalue weighted by molar-refractivity contribution is 4.92. The lowest BCUT2D eigenvalue weighted by molar-refractivity contribution is 0.247. The van der Waals surface area contributed by atoms with Crippen LogP contribution in [0.2, 0.25) is 0 Å². The van der Waals surface area contributed by atoms with E-state index in [2.05, 4.69) is 14.9 Å². The number of aromatic nitrogens is 2. The van der Waals surface area contributed by atoms with Crippen molar-refractivity contribution in [1.82, 2.24) is 14.9 Å². The third-order valence-electron chi connectivity index (χ3n) is 2.68. The number of nitrogens with two attached hydrogens (primary N) is 1. The van der Waals surface area contributed by atoms with Crippen LogP contribution in [0.25, 0.3) is 0 Å². The Hall–Kier alpha value is -1.00. The lowest BCUT2D eigenvalue weighted by atomic mass is 10.3. The first-order chi connectivity index (χ1) is 7.40. The molecule has 0 aliphatic heterocycles. The van der Waals surface area contributed by atoms with Crippen LogP contribution in [0.5, 0.6) is 0 Å². The normalized spacial score (nSPS) is 15.9. The van der Waals surface area contributed by atoms with Gasteiger partial charge in [0.15, 0.2) is 0 Å². The molecule has 0 aromatic carbocycles. The minimum atomic E-state index is 0.750. The van der Waals surface area contributed by atoms with Crippen LogP contribution < -0.4 is 5.73 Å². The molecule has 1 aliphatic carbocycles. The predicted molar refractivity (Wildman–Crippen MR) is 59.1 cm³/mol. The minimum Gasteiger partial charge on any atom is -0.330 e. The van der Waals surface area contributed by atoms with E-state index in [4.69, 9.17) is 5.73 Å². The van der Waals surface area contributed by atoms with Crippen LogP contribution in [0.1, 0.15) is 25.1 Å². The van der Waals surface area contributed by atoms with E-state index in [9.17, 15) is 0 Å². The van der Waals surface area contributed by atoms with E-state index < -0.39 is 0 Å². The van der Waals surface area contributed by atoms with Gasteiger partial charge >= 0.3 is 0 Å². The van der Waals surface area contributed by atoms with E-state index in [0.29, 0.717) is 0 Å². The van der Waals surface area contributed by atoms with Crippen LogP contribution >= 0.6 is 0 Å². The molecule has 15 heavy (non-hydrogen) atoms. The summed E-state index contributed by atoms with van der Waals surface area (Å²) in [6, 6.07) is 2.60. The fraction of sp³-hybridized carbons (Fsp3) is 0.636. The lowest BCUT2D eigenvalue weighted by Gasteiger charge is -2.20. The van der Waals surface area contributed by atoms with Gasteiger partial charge in [-0.05, 0) is 31.9 Å². The number of nitrogens with zero attached hydrogens (tertiary/aromatic N) is 3. The summed E-state index contributed by atoms with van der Waals surface area (Å²) < 4.78 is 0. The molecule has 4 heteroatoms. The molecule has 1 aliphatic rings. The van der Waals surface area contributed by atoms with Gasteiger partial charge in [-0.2, -0.15) is 0 Å². The second kappa shape index (κ2) is 5.19. The molecule has 0 saturated heterocycles. The predicted octanol–water partition coefficient (Wildman–Crippen LogP) is 0.790. The summed E-state index contributed by atoms with van der Waals surface area (Å²) in [6.07, 6.45) is 7.30. The maximum Gasteiger partial charge on any atom is 0.142 e. The first-order valence-corrected chi connectivity index (χ1v) is 5.60. The Bertz CT molecular complexity index is 284. The molecule has 1 aromatic rings. The Kier molecular flexibility index (Phi) is 3.64. The summed E-state index contributed by atoms with van der Waals surface area (Å²) >= 11 is 0. The van der Waals surface area contributed by atoms with E-state index in [1.54, 1.807) is 12.4 Å². The molecule has 1 saturated carbocycles. The summed E-state index contributed by atoms with van der Waals surface area (Å²) in [6.45, 7) is 2.70. The Morgan fingerprint density at radius 3 is 2.67 bits per heavy atom. The fourth-order valence-electron chi connectivity index (χ4n) is 1.72. The Balaban J connectivity index is 1.88. The Morgan fingerprint density at radius 1 is 1.33 bits per heavy atom. The minimum absolute atomic E-state index is 0.750. The first-order valence-electron chi connectivity index (χ1n) is 5.60. The van der Waals surface area contributed by atoms with Crippen LogP contribution in [0.3, 0.4) is 0 Å². The lowest BCUT2D eigenvalue weighted by Crippen LogP contribution is -2.28. The molecule has 0 unspecified atom stereocenters. The van der Waals surface area contributed by atoms with Gasteiger partial charge in [-0.15, -0.1) is 0 Å². The van der Waals surface area contributed by atoms with Crippen molar-refractivity contribution in [3.05, 3.63) is 24.3 Å². The topological polar surface area (TPSA) is 55.0 Å². The van der Waals surface area contributed by atoms with Gasteiger partial charge in [0.05, 0.1) is 6.54 Å². The van der Waals surface area contributed by atoms with Crippen molar-refractivity contribution in [3.63, 3.8) is 0 Å². The summed E-state index contributed by atoms with van der Waals surface area (Å²) in [5.74, 6) is 0.918. The molecule has 0 spiro atoms. The zero-order chi connectivity index (χ0) is 10.5. The van der Waals surface area contributed by atoms with Gasteiger partial charge in [0.1, 0.15) is 5.82 Å². The van der Waals surface area contributed by atoms with Crippen molar-refractivity contribution in [1.29, 1.82) is 0 Å². The van der Waals surface area contributed by atoms with Gasteiger partial charge in [-0.25, -0.2) is 9.97 Å². The highest BCUT2D eigenvalue weighted by Gasteiger charge is 2.28. The molecule has 1 heterocycles. The van der Waals surface area contributed by atoms with Crippen LogP contribution in [0.15, 0.2) is 18.5 Å². The van der Waals surface area contributed by atoms with E-state index in [-0.39, 0.29) is 0 Å². The molecular weight excluding hydrogens is 188 g/mol. The Morgan fingerprint density at radius 2 is 2.07 bits per heavy atom. The van der Waals surface area contributed by atoms with Crippen molar-refractivity contribution < 1.29 is 0 Å². The van der Waals surface area contributed by atoms with Crippen molar-refractivity contribution in [2.75, 3.05) is 13.1 Å². The maximum absolute atomic E-state index is 5.53. The average molecular weight is 206 g/mol. The van der Waals surface area contributed by atoms with Crippen LogP contribution in [0, 0.1) is 0 Å². The molecule has 0 radical (unpaired) electrons. The Labute approximate surface area is 90.5 Å². The monoisotopic (exact) mass is 206 g/mol. The van der Waals surface area contributed by atoms with Gasteiger partial charge in [0, 0.05) is 25.0 Å². The van der Waals surface area contributed by atoms with E-state index >= 15 is 0 Å². The summed E-state index contributed by atoms with van der Waals surface area (Å²) in [5, 5.41) is 0. The highest BCUT2D eigenvalue weighted by atomic mass is 15.2. The fourth-order valence-corrected chi connectivity index (χ4v) is 1.72. The SMILES string of the molecule is NCCCN(Cc1ncccn1)C1CC1. The third-order valence-corrected chi connectivity index (χ3v) is 2.68. The molecule has 4 nitrogen and oxygen atoms in total. The second-order valence-electron chi connectivity index (χ2n) is 4.01. The summed E-state index contributed by atoms with van der Waals surface area (Å²) in [4.78, 5) is 11.0. The third kappa shape index (κ3) is 3.25. The van der Waals surface area contributed by atoms with Crippen molar-refractivity contribution >= 4 is 0 Å². The first kappa shape index (κ1) is 10.5. The highest BCUT2D eigenvalue weighted by Crippen LogP contribution is 2.27. The summed E-state index contributed by atoms with van der Waals surface area (Å²) in [5.41, 5.74) is 5.53. The standard InChI is InChI=1S/C11H18N4/c12-5-1-8-15(10-3-4-10)9-11-13-6-2-7-14-11/h2,6-7,10H,1,3-5,8-9,12H2. The average Bonchev–Trinajstić information content (AvgIpc) is 3.09. The van der Waals surface area contributed by atoms with Gasteiger partial charge in [0.25, 0.3) is 0 Å². The maximum atomic E-state index is 5.53. The van der Waals surface area contributed by atoms with Gasteiger partial charge in [-0.3, -0.25) is 4.90 Å². The largest absolute Gasteiger partial charge is 0.330 e. The van der Waals surface area contributed by atoms with E-state index in [1.165, 1.54) is 12.8 Å². The van der Waals surface area contributed by atoms with Crippen molar-refractivity contribution in [2.45, 2.75) is 31.8 Å². The molecule has 2 rings (SSSR count). The molecule has 1 aromatic heterocycles. The molecule has 0 amide bonds. The smallest absolute Gasteiger partial charge is 0.142 e. The van der Waals surface area contributed by atoms with Gasteiger partial charge in [-0.1, -0.05) is 0 Å². The van der Waals surface area contributed by atoms with Gasteiger partial charge < -0.3 is 5.73 Å². The molecule has 1 fully saturated rings. The zero-order valence-electron chi connectivity index (χ0n) is 8.97. The van der Waals surface area contributed by atoms with Gasteiger partial charge in [0.2, 0.25) is 0 Å².